The van der Waals surface area contributed by atoms with E-state index in [2.05, 4.69) is 10.3 Å². The van der Waals surface area contributed by atoms with Crippen LogP contribution in [0, 0.1) is 17.5 Å². The third kappa shape index (κ3) is 2.09. The Balaban J connectivity index is 2.25. The molecule has 0 saturated carbocycles. The maximum absolute atomic E-state index is 13.2. The molecule has 0 radical (unpaired) electrons. The average molecular weight is 232 g/mol. The summed E-state index contributed by atoms with van der Waals surface area (Å²) in [4.78, 5) is 4.01. The van der Waals surface area contributed by atoms with Crippen LogP contribution in [0.5, 0.6) is 0 Å². The molecule has 0 atom stereocenters. The van der Waals surface area contributed by atoms with Crippen molar-refractivity contribution in [2.45, 2.75) is 0 Å². The van der Waals surface area contributed by atoms with Gasteiger partial charge in [0.05, 0.1) is 12.2 Å². The van der Waals surface area contributed by atoms with Crippen LogP contribution >= 0.6 is 11.8 Å². The summed E-state index contributed by atoms with van der Waals surface area (Å²) in [7, 11) is 0. The Morgan fingerprint density at radius 2 is 2.00 bits per heavy atom. The number of rotatable bonds is 1. The first kappa shape index (κ1) is 10.4. The summed E-state index contributed by atoms with van der Waals surface area (Å²) in [6.07, 6.45) is 0. The van der Waals surface area contributed by atoms with E-state index < -0.39 is 17.5 Å². The normalized spacial score (nSPS) is 15.3. The minimum Gasteiger partial charge on any atom is -0.333 e. The predicted molar refractivity (Wildman–Crippen MR) is 54.7 cm³/mol. The third-order valence-electron chi connectivity index (χ3n) is 1.86. The number of aliphatic imine (C=N–C) groups is 1. The fraction of sp³-hybridized carbons (Fsp3) is 0.222. The Hall–Kier alpha value is -1.17. The van der Waals surface area contributed by atoms with E-state index in [9.17, 15) is 13.2 Å². The molecule has 1 aromatic carbocycles. The number of hydrogen-bond donors (Lipinski definition) is 1. The first-order valence-electron chi connectivity index (χ1n) is 4.26. The second-order valence-electron chi connectivity index (χ2n) is 2.88. The second kappa shape index (κ2) is 4.14. The van der Waals surface area contributed by atoms with Crippen molar-refractivity contribution in [3.8, 4) is 0 Å². The molecule has 0 spiro atoms. The molecule has 2 nitrogen and oxygen atoms in total. The minimum absolute atomic E-state index is 0.0953. The highest BCUT2D eigenvalue weighted by molar-refractivity contribution is 8.14. The van der Waals surface area contributed by atoms with Crippen LogP contribution in [0.15, 0.2) is 17.1 Å². The van der Waals surface area contributed by atoms with E-state index in [1.165, 1.54) is 11.8 Å². The van der Waals surface area contributed by atoms with Gasteiger partial charge in [0.2, 0.25) is 0 Å². The molecule has 0 unspecified atom stereocenters. The third-order valence-corrected chi connectivity index (χ3v) is 2.75. The van der Waals surface area contributed by atoms with Crippen LogP contribution in [0.25, 0.3) is 0 Å². The van der Waals surface area contributed by atoms with Gasteiger partial charge in [-0.25, -0.2) is 13.2 Å². The molecular weight excluding hydrogens is 225 g/mol. The lowest BCUT2D eigenvalue weighted by Gasteiger charge is -2.06. The van der Waals surface area contributed by atoms with E-state index in [-0.39, 0.29) is 5.69 Å². The Morgan fingerprint density at radius 1 is 1.20 bits per heavy atom. The maximum Gasteiger partial charge on any atom is 0.196 e. The Kier molecular flexibility index (Phi) is 2.86. The Morgan fingerprint density at radius 3 is 2.67 bits per heavy atom. The molecule has 80 valence electrons. The fourth-order valence-corrected chi connectivity index (χ4v) is 1.89. The highest BCUT2D eigenvalue weighted by atomic mass is 32.2. The van der Waals surface area contributed by atoms with Gasteiger partial charge >= 0.3 is 0 Å². The SMILES string of the molecule is Fc1ccc(NC2=NCCS2)c(F)c1F. The number of benzene rings is 1. The molecule has 2 rings (SSSR count). The number of anilines is 1. The molecule has 1 N–H and O–H groups in total. The van der Waals surface area contributed by atoms with Crippen LogP contribution < -0.4 is 5.32 Å². The topological polar surface area (TPSA) is 24.4 Å². The van der Waals surface area contributed by atoms with Gasteiger partial charge < -0.3 is 5.32 Å². The van der Waals surface area contributed by atoms with E-state index in [0.29, 0.717) is 11.7 Å². The molecule has 0 aromatic heterocycles. The number of thioether (sulfide) groups is 1. The van der Waals surface area contributed by atoms with E-state index in [1.807, 2.05) is 0 Å². The summed E-state index contributed by atoms with van der Waals surface area (Å²) in [6.45, 7) is 0.651. The number of amidine groups is 1. The van der Waals surface area contributed by atoms with Crippen LogP contribution in [0.3, 0.4) is 0 Å². The highest BCUT2D eigenvalue weighted by Gasteiger charge is 2.15. The molecule has 6 heteroatoms. The number of hydrogen-bond acceptors (Lipinski definition) is 3. The quantitative estimate of drug-likeness (QED) is 0.753. The van der Waals surface area contributed by atoms with Crippen molar-refractivity contribution in [2.75, 3.05) is 17.6 Å². The summed E-state index contributed by atoms with van der Waals surface area (Å²) in [5, 5.41) is 3.14. The van der Waals surface area contributed by atoms with Crippen LogP contribution in [0.2, 0.25) is 0 Å². The molecule has 0 amide bonds. The van der Waals surface area contributed by atoms with Crippen molar-refractivity contribution in [3.63, 3.8) is 0 Å². The smallest absolute Gasteiger partial charge is 0.196 e. The molecule has 0 fully saturated rings. The van der Waals surface area contributed by atoms with Gasteiger partial charge in [-0.3, -0.25) is 4.99 Å². The number of nitrogens with one attached hydrogen (secondary N) is 1. The van der Waals surface area contributed by atoms with Crippen molar-refractivity contribution < 1.29 is 13.2 Å². The zero-order chi connectivity index (χ0) is 10.8. The van der Waals surface area contributed by atoms with E-state index in [4.69, 9.17) is 0 Å². The molecule has 1 aliphatic rings. The maximum atomic E-state index is 13.2. The van der Waals surface area contributed by atoms with E-state index in [0.717, 1.165) is 17.9 Å². The van der Waals surface area contributed by atoms with E-state index >= 15 is 0 Å². The standard InChI is InChI=1S/C9H7F3N2S/c10-5-1-2-6(8(12)7(5)11)14-9-13-3-4-15-9/h1-2H,3-4H2,(H,13,14). The number of halogens is 3. The first-order chi connectivity index (χ1) is 7.18. The van der Waals surface area contributed by atoms with Gasteiger partial charge in [-0.05, 0) is 12.1 Å². The highest BCUT2D eigenvalue weighted by Crippen LogP contribution is 2.22. The summed E-state index contributed by atoms with van der Waals surface area (Å²) < 4.78 is 38.6. The van der Waals surface area contributed by atoms with Crippen LogP contribution in [0.4, 0.5) is 18.9 Å². The number of nitrogens with zero attached hydrogens (tertiary/aromatic N) is 1. The van der Waals surface area contributed by atoms with Crippen molar-refractivity contribution in [1.29, 1.82) is 0 Å². The monoisotopic (exact) mass is 232 g/mol. The van der Waals surface area contributed by atoms with Crippen molar-refractivity contribution in [3.05, 3.63) is 29.6 Å². The molecule has 15 heavy (non-hydrogen) atoms. The minimum atomic E-state index is -1.47. The molecule has 0 bridgehead atoms. The van der Waals surface area contributed by atoms with Gasteiger partial charge in [-0.1, -0.05) is 11.8 Å². The molecule has 0 aliphatic carbocycles. The van der Waals surface area contributed by atoms with Gasteiger partial charge in [0.15, 0.2) is 22.6 Å². The lowest BCUT2D eigenvalue weighted by Crippen LogP contribution is -2.08. The summed E-state index contributed by atoms with van der Waals surface area (Å²) in [5.41, 5.74) is -0.0953. The molecule has 1 aliphatic heterocycles. The van der Waals surface area contributed by atoms with Gasteiger partial charge in [0.25, 0.3) is 0 Å². The zero-order valence-electron chi connectivity index (χ0n) is 7.56. The lowest BCUT2D eigenvalue weighted by molar-refractivity contribution is 0.449. The van der Waals surface area contributed by atoms with E-state index in [1.54, 1.807) is 0 Å². The largest absolute Gasteiger partial charge is 0.333 e. The Bertz CT molecular complexity index is 420. The average Bonchev–Trinajstić information content (AvgIpc) is 2.72. The molecule has 1 heterocycles. The molecule has 0 saturated heterocycles. The van der Waals surface area contributed by atoms with Gasteiger partial charge in [-0.15, -0.1) is 0 Å². The van der Waals surface area contributed by atoms with Gasteiger partial charge in [-0.2, -0.15) is 0 Å². The van der Waals surface area contributed by atoms with Crippen LogP contribution in [-0.4, -0.2) is 17.5 Å². The Labute approximate surface area is 88.6 Å². The summed E-state index contributed by atoms with van der Waals surface area (Å²) in [6, 6.07) is 2.02. The lowest BCUT2D eigenvalue weighted by atomic mass is 10.3. The zero-order valence-corrected chi connectivity index (χ0v) is 8.37. The molecular formula is C9H7F3N2S. The fourth-order valence-electron chi connectivity index (χ4n) is 1.15. The van der Waals surface area contributed by atoms with Crippen LogP contribution in [-0.2, 0) is 0 Å². The van der Waals surface area contributed by atoms with Crippen molar-refractivity contribution in [2.24, 2.45) is 4.99 Å². The van der Waals surface area contributed by atoms with Crippen molar-refractivity contribution >= 4 is 22.6 Å². The van der Waals surface area contributed by atoms with Gasteiger partial charge in [0, 0.05) is 5.75 Å². The van der Waals surface area contributed by atoms with Gasteiger partial charge in [0.1, 0.15) is 0 Å². The van der Waals surface area contributed by atoms with Crippen molar-refractivity contribution in [1.82, 2.24) is 0 Å². The first-order valence-corrected chi connectivity index (χ1v) is 5.25. The second-order valence-corrected chi connectivity index (χ2v) is 3.97. The summed E-state index contributed by atoms with van der Waals surface area (Å²) in [5.74, 6) is -3.07. The predicted octanol–water partition coefficient (Wildman–Crippen LogP) is 2.62. The van der Waals surface area contributed by atoms with Crippen LogP contribution in [0.1, 0.15) is 0 Å². The summed E-state index contributed by atoms with van der Waals surface area (Å²) >= 11 is 1.41. The molecule has 1 aromatic rings.